The quantitative estimate of drug-likeness (QED) is 0.537. The molecule has 10 heavy (non-hydrogen) atoms. The molecule has 1 aliphatic rings. The van der Waals surface area contributed by atoms with E-state index in [0.29, 0.717) is 5.71 Å². The van der Waals surface area contributed by atoms with Gasteiger partial charge in [0.15, 0.2) is 0 Å². The van der Waals surface area contributed by atoms with Crippen molar-refractivity contribution in [1.82, 2.24) is 0 Å². The third-order valence-electron chi connectivity index (χ3n) is 1.30. The lowest BCUT2D eigenvalue weighted by Crippen LogP contribution is -2.12. The molecule has 0 bridgehead atoms. The van der Waals surface area contributed by atoms with Gasteiger partial charge in [-0.2, -0.15) is 0 Å². The molecule has 0 aromatic rings. The van der Waals surface area contributed by atoms with Gasteiger partial charge in [0.25, 0.3) is 0 Å². The van der Waals surface area contributed by atoms with Crippen LogP contribution in [0.15, 0.2) is 4.99 Å². The number of hydrogen-bond donors (Lipinski definition) is 0. The number of carbonyl (C=O) groups is 1. The Bertz CT molecular complexity index is 156. The van der Waals surface area contributed by atoms with Crippen molar-refractivity contribution in [2.24, 2.45) is 4.99 Å². The molecular formula is C6H10ClNO2. The van der Waals surface area contributed by atoms with Crippen molar-refractivity contribution in [2.75, 3.05) is 13.7 Å². The van der Waals surface area contributed by atoms with Gasteiger partial charge in [-0.05, 0) is 12.8 Å². The molecule has 0 saturated carbocycles. The summed E-state index contributed by atoms with van der Waals surface area (Å²) < 4.78 is 4.46. The molecule has 0 saturated heterocycles. The van der Waals surface area contributed by atoms with E-state index in [9.17, 15) is 4.79 Å². The Balaban J connectivity index is 0.000000810. The zero-order chi connectivity index (χ0) is 6.69. The highest BCUT2D eigenvalue weighted by molar-refractivity contribution is 6.36. The molecule has 3 nitrogen and oxygen atoms in total. The van der Waals surface area contributed by atoms with Crippen molar-refractivity contribution >= 4 is 24.1 Å². The third-order valence-corrected chi connectivity index (χ3v) is 1.30. The molecule has 58 valence electrons. The van der Waals surface area contributed by atoms with Gasteiger partial charge in [0.1, 0.15) is 5.71 Å². The Morgan fingerprint density at radius 3 is 2.80 bits per heavy atom. The number of halogens is 1. The van der Waals surface area contributed by atoms with E-state index in [1.165, 1.54) is 7.11 Å². The fraction of sp³-hybridized carbons (Fsp3) is 0.667. The summed E-state index contributed by atoms with van der Waals surface area (Å²) in [5.41, 5.74) is 0.595. The smallest absolute Gasteiger partial charge is 0.351 e. The molecule has 0 aliphatic carbocycles. The highest BCUT2D eigenvalue weighted by Gasteiger charge is 2.14. The lowest BCUT2D eigenvalue weighted by atomic mass is 10.2. The largest absolute Gasteiger partial charge is 0.465 e. The first kappa shape index (κ1) is 9.43. The predicted molar refractivity (Wildman–Crippen MR) is 40.8 cm³/mol. The second-order valence-electron chi connectivity index (χ2n) is 1.92. The molecule has 0 amide bonds. The van der Waals surface area contributed by atoms with Gasteiger partial charge in [0, 0.05) is 6.54 Å². The van der Waals surface area contributed by atoms with Crippen LogP contribution in [0.1, 0.15) is 12.8 Å². The summed E-state index contributed by atoms with van der Waals surface area (Å²) in [7, 11) is 1.38. The van der Waals surface area contributed by atoms with Crippen LogP contribution in [0.3, 0.4) is 0 Å². The number of hydrogen-bond acceptors (Lipinski definition) is 3. The standard InChI is InChI=1S/C6H9NO2.ClH/c1-9-6(8)5-3-2-4-7-5;/h2-4H2,1H3;1H. The Morgan fingerprint density at radius 2 is 2.40 bits per heavy atom. The summed E-state index contributed by atoms with van der Waals surface area (Å²) in [6, 6.07) is 0. The van der Waals surface area contributed by atoms with E-state index in [1.807, 2.05) is 0 Å². The van der Waals surface area contributed by atoms with Crippen molar-refractivity contribution in [3.8, 4) is 0 Å². The Kier molecular flexibility index (Phi) is 4.03. The fourth-order valence-electron chi connectivity index (χ4n) is 0.824. The number of aliphatic imine (C=N–C) groups is 1. The van der Waals surface area contributed by atoms with Crippen LogP contribution < -0.4 is 0 Å². The molecule has 0 aromatic heterocycles. The fourth-order valence-corrected chi connectivity index (χ4v) is 0.824. The maximum absolute atomic E-state index is 10.7. The van der Waals surface area contributed by atoms with E-state index in [-0.39, 0.29) is 18.4 Å². The lowest BCUT2D eigenvalue weighted by molar-refractivity contribution is -0.132. The van der Waals surface area contributed by atoms with Gasteiger partial charge >= 0.3 is 5.97 Å². The summed E-state index contributed by atoms with van der Waals surface area (Å²) in [6.45, 7) is 0.782. The van der Waals surface area contributed by atoms with Crippen LogP contribution in [0.2, 0.25) is 0 Å². The van der Waals surface area contributed by atoms with Gasteiger partial charge in [0.05, 0.1) is 7.11 Å². The minimum atomic E-state index is -0.271. The Morgan fingerprint density at radius 1 is 1.70 bits per heavy atom. The first-order chi connectivity index (χ1) is 4.34. The van der Waals surface area contributed by atoms with Gasteiger partial charge in [-0.1, -0.05) is 0 Å². The molecule has 1 rings (SSSR count). The van der Waals surface area contributed by atoms with Crippen molar-refractivity contribution < 1.29 is 9.53 Å². The van der Waals surface area contributed by atoms with Gasteiger partial charge < -0.3 is 4.74 Å². The molecule has 1 aliphatic heterocycles. The van der Waals surface area contributed by atoms with Crippen molar-refractivity contribution in [3.05, 3.63) is 0 Å². The van der Waals surface area contributed by atoms with Crippen LogP contribution in [0, 0.1) is 0 Å². The SMILES string of the molecule is COC(=O)C1=NCCC1.Cl. The van der Waals surface area contributed by atoms with Gasteiger partial charge in [0.2, 0.25) is 0 Å². The number of ether oxygens (including phenoxy) is 1. The minimum Gasteiger partial charge on any atom is -0.465 e. The first-order valence-electron chi connectivity index (χ1n) is 2.96. The molecule has 0 atom stereocenters. The van der Waals surface area contributed by atoms with Crippen molar-refractivity contribution in [3.63, 3.8) is 0 Å². The number of esters is 1. The first-order valence-corrected chi connectivity index (χ1v) is 2.96. The van der Waals surface area contributed by atoms with Crippen LogP contribution in [0.4, 0.5) is 0 Å². The number of carbonyl (C=O) groups excluding carboxylic acids is 1. The number of rotatable bonds is 1. The molecule has 0 radical (unpaired) electrons. The van der Waals surface area contributed by atoms with E-state index < -0.39 is 0 Å². The second-order valence-corrected chi connectivity index (χ2v) is 1.92. The van der Waals surface area contributed by atoms with E-state index >= 15 is 0 Å². The van der Waals surface area contributed by atoms with Gasteiger partial charge in [-0.15, -0.1) is 12.4 Å². The molecule has 0 unspecified atom stereocenters. The summed E-state index contributed by atoms with van der Waals surface area (Å²) in [6.07, 6.45) is 1.77. The second kappa shape index (κ2) is 4.28. The van der Waals surface area contributed by atoms with Gasteiger partial charge in [-0.3, -0.25) is 4.99 Å². The maximum atomic E-state index is 10.7. The molecule has 4 heteroatoms. The highest BCUT2D eigenvalue weighted by atomic mass is 35.5. The summed E-state index contributed by atoms with van der Waals surface area (Å²) in [4.78, 5) is 14.6. The van der Waals surface area contributed by atoms with Crippen LogP contribution in [0.25, 0.3) is 0 Å². The predicted octanol–water partition coefficient (Wildman–Crippen LogP) is 0.816. The Hall–Kier alpha value is -0.570. The molecule has 0 N–H and O–H groups in total. The normalized spacial score (nSPS) is 15.5. The zero-order valence-electron chi connectivity index (χ0n) is 5.79. The van der Waals surface area contributed by atoms with Crippen LogP contribution >= 0.6 is 12.4 Å². The molecule has 0 fully saturated rings. The van der Waals surface area contributed by atoms with Crippen LogP contribution in [-0.4, -0.2) is 25.3 Å². The molecule has 0 spiro atoms. The minimum absolute atomic E-state index is 0. The number of methoxy groups -OCH3 is 1. The average Bonchev–Trinajstić information content (AvgIpc) is 2.37. The molecule has 0 aromatic carbocycles. The monoisotopic (exact) mass is 163 g/mol. The van der Waals surface area contributed by atoms with E-state index in [2.05, 4.69) is 9.73 Å². The van der Waals surface area contributed by atoms with E-state index in [0.717, 1.165) is 19.4 Å². The summed E-state index contributed by atoms with van der Waals surface area (Å²) in [5.74, 6) is -0.271. The zero-order valence-corrected chi connectivity index (χ0v) is 6.61. The van der Waals surface area contributed by atoms with Crippen molar-refractivity contribution in [2.45, 2.75) is 12.8 Å². The van der Waals surface area contributed by atoms with Crippen LogP contribution in [-0.2, 0) is 9.53 Å². The molecule has 1 heterocycles. The highest BCUT2D eigenvalue weighted by Crippen LogP contribution is 2.04. The van der Waals surface area contributed by atoms with Gasteiger partial charge in [-0.25, -0.2) is 4.79 Å². The summed E-state index contributed by atoms with van der Waals surface area (Å²) in [5, 5.41) is 0. The topological polar surface area (TPSA) is 38.7 Å². The molecular weight excluding hydrogens is 154 g/mol. The third kappa shape index (κ3) is 1.99. The lowest BCUT2D eigenvalue weighted by Gasteiger charge is -1.93. The van der Waals surface area contributed by atoms with E-state index in [1.54, 1.807) is 0 Å². The maximum Gasteiger partial charge on any atom is 0.351 e. The van der Waals surface area contributed by atoms with E-state index in [4.69, 9.17) is 0 Å². The van der Waals surface area contributed by atoms with Crippen LogP contribution in [0.5, 0.6) is 0 Å². The summed E-state index contributed by atoms with van der Waals surface area (Å²) >= 11 is 0. The number of nitrogens with zero attached hydrogens (tertiary/aromatic N) is 1. The average molecular weight is 164 g/mol. The Labute approximate surface area is 65.9 Å². The van der Waals surface area contributed by atoms with Crippen molar-refractivity contribution in [1.29, 1.82) is 0 Å².